The molecule has 0 aromatic carbocycles. The Hall–Kier alpha value is -0.370. The molecule has 0 aliphatic heterocycles. The van der Waals surface area contributed by atoms with Crippen LogP contribution in [0.5, 0.6) is 0 Å². The van der Waals surface area contributed by atoms with E-state index in [1.54, 1.807) is 0 Å². The predicted octanol–water partition coefficient (Wildman–Crippen LogP) is 2.56. The number of hydrogen-bond acceptors (Lipinski definition) is 2. The number of hydrogen-bond donors (Lipinski definition) is 0. The van der Waals surface area contributed by atoms with Crippen LogP contribution >= 0.6 is 0 Å². The van der Waals surface area contributed by atoms with Crippen molar-refractivity contribution in [3.05, 3.63) is 0 Å². The molecule has 1 aliphatic rings. The van der Waals surface area contributed by atoms with Gasteiger partial charge in [-0.05, 0) is 12.3 Å². The highest BCUT2D eigenvalue weighted by molar-refractivity contribution is 5.78. The zero-order valence-corrected chi connectivity index (χ0v) is 8.55. The van der Waals surface area contributed by atoms with E-state index in [0.717, 1.165) is 19.4 Å². The summed E-state index contributed by atoms with van der Waals surface area (Å²) in [6, 6.07) is 0. The molecule has 0 unspecified atom stereocenters. The van der Waals surface area contributed by atoms with Crippen LogP contribution in [0, 0.1) is 5.92 Å². The lowest BCUT2D eigenvalue weighted by molar-refractivity contribution is -0.121. The molecule has 0 bridgehead atoms. The number of ether oxygens (including phenoxy) is 1. The monoisotopic (exact) mass is 184 g/mol. The summed E-state index contributed by atoms with van der Waals surface area (Å²) < 4.78 is 5.27. The zero-order valence-electron chi connectivity index (χ0n) is 8.55. The van der Waals surface area contributed by atoms with Gasteiger partial charge in [0.15, 0.2) is 0 Å². The first-order valence-electron chi connectivity index (χ1n) is 5.42. The van der Waals surface area contributed by atoms with Crippen LogP contribution in [0.2, 0.25) is 0 Å². The molecule has 1 rings (SSSR count). The first-order valence-corrected chi connectivity index (χ1v) is 5.42. The fourth-order valence-electron chi connectivity index (χ4n) is 1.55. The molecule has 13 heavy (non-hydrogen) atoms. The van der Waals surface area contributed by atoms with Gasteiger partial charge in [0.2, 0.25) is 0 Å². The predicted molar refractivity (Wildman–Crippen MR) is 52.7 cm³/mol. The van der Waals surface area contributed by atoms with Crippen molar-refractivity contribution in [1.82, 2.24) is 0 Å². The molecular formula is C11H20O2. The highest BCUT2D eigenvalue weighted by atomic mass is 16.5. The number of carbonyl (C=O) groups excluding carboxylic acids is 1. The Labute approximate surface area is 80.7 Å². The second kappa shape index (κ2) is 6.14. The Morgan fingerprint density at radius 1 is 1.38 bits per heavy atom. The van der Waals surface area contributed by atoms with E-state index in [9.17, 15) is 4.79 Å². The molecule has 0 amide bonds. The molecule has 0 aromatic heterocycles. The van der Waals surface area contributed by atoms with E-state index in [2.05, 4.69) is 6.92 Å². The Balaban J connectivity index is 1.91. The molecule has 0 aromatic rings. The van der Waals surface area contributed by atoms with E-state index in [4.69, 9.17) is 4.74 Å². The van der Waals surface area contributed by atoms with Crippen LogP contribution in [0.15, 0.2) is 0 Å². The van der Waals surface area contributed by atoms with Gasteiger partial charge in [-0.1, -0.05) is 26.2 Å². The molecule has 76 valence electrons. The molecule has 2 heteroatoms. The van der Waals surface area contributed by atoms with Gasteiger partial charge >= 0.3 is 0 Å². The van der Waals surface area contributed by atoms with Gasteiger partial charge in [0.1, 0.15) is 5.78 Å². The van der Waals surface area contributed by atoms with Gasteiger partial charge in [-0.25, -0.2) is 0 Å². The normalized spacial score (nSPS) is 17.0. The molecule has 0 radical (unpaired) electrons. The zero-order chi connectivity index (χ0) is 9.52. The largest absolute Gasteiger partial charge is 0.381 e. The highest BCUT2D eigenvalue weighted by Crippen LogP contribution is 2.29. The van der Waals surface area contributed by atoms with E-state index < -0.39 is 0 Å². The van der Waals surface area contributed by atoms with Gasteiger partial charge in [-0.15, -0.1) is 0 Å². The standard InChI is InChI=1S/C11H20O2/c1-2-7-13-8-6-11(12)9-10-4-3-5-10/h10H,2-9H2,1H3. The molecule has 0 atom stereocenters. The minimum absolute atomic E-state index is 0.390. The number of carbonyl (C=O) groups is 1. The van der Waals surface area contributed by atoms with Gasteiger partial charge < -0.3 is 4.74 Å². The summed E-state index contributed by atoms with van der Waals surface area (Å²) in [5.74, 6) is 1.10. The van der Waals surface area contributed by atoms with Gasteiger partial charge in [0, 0.05) is 19.4 Å². The molecule has 2 nitrogen and oxygen atoms in total. The van der Waals surface area contributed by atoms with Crippen LogP contribution in [0.3, 0.4) is 0 Å². The SMILES string of the molecule is CCCOCCC(=O)CC1CCC1. The average molecular weight is 184 g/mol. The van der Waals surface area contributed by atoms with Crippen LogP contribution in [0.1, 0.15) is 45.4 Å². The van der Waals surface area contributed by atoms with Crippen LogP contribution in [0.4, 0.5) is 0 Å². The van der Waals surface area contributed by atoms with Crippen molar-refractivity contribution >= 4 is 5.78 Å². The Morgan fingerprint density at radius 2 is 2.15 bits per heavy atom. The summed E-state index contributed by atoms with van der Waals surface area (Å²) in [5, 5.41) is 0. The smallest absolute Gasteiger partial charge is 0.135 e. The molecule has 0 heterocycles. The summed E-state index contributed by atoms with van der Waals surface area (Å²) in [6.07, 6.45) is 6.32. The van der Waals surface area contributed by atoms with Gasteiger partial charge in [-0.3, -0.25) is 4.79 Å². The maximum Gasteiger partial charge on any atom is 0.135 e. The minimum Gasteiger partial charge on any atom is -0.381 e. The maximum atomic E-state index is 11.3. The van der Waals surface area contributed by atoms with E-state index in [1.807, 2.05) is 0 Å². The summed E-state index contributed by atoms with van der Waals surface area (Å²) in [7, 11) is 0. The van der Waals surface area contributed by atoms with E-state index in [1.165, 1.54) is 19.3 Å². The Kier molecular flexibility index (Phi) is 5.06. The lowest BCUT2D eigenvalue weighted by Crippen LogP contribution is -2.16. The fourth-order valence-corrected chi connectivity index (χ4v) is 1.55. The summed E-state index contributed by atoms with van der Waals surface area (Å²) >= 11 is 0. The summed E-state index contributed by atoms with van der Waals surface area (Å²) in [4.78, 5) is 11.3. The van der Waals surface area contributed by atoms with Crippen molar-refractivity contribution in [2.24, 2.45) is 5.92 Å². The summed E-state index contributed by atoms with van der Waals surface area (Å²) in [6.45, 7) is 3.49. The van der Waals surface area contributed by atoms with Crippen molar-refractivity contribution < 1.29 is 9.53 Å². The Morgan fingerprint density at radius 3 is 2.69 bits per heavy atom. The molecule has 1 saturated carbocycles. The second-order valence-electron chi connectivity index (χ2n) is 3.90. The second-order valence-corrected chi connectivity index (χ2v) is 3.90. The third-order valence-electron chi connectivity index (χ3n) is 2.61. The van der Waals surface area contributed by atoms with E-state index in [0.29, 0.717) is 24.7 Å². The highest BCUT2D eigenvalue weighted by Gasteiger charge is 2.19. The molecule has 0 saturated heterocycles. The third kappa shape index (κ3) is 4.41. The topological polar surface area (TPSA) is 26.3 Å². The van der Waals surface area contributed by atoms with Gasteiger partial charge in [-0.2, -0.15) is 0 Å². The van der Waals surface area contributed by atoms with Crippen LogP contribution in [-0.2, 0) is 9.53 Å². The van der Waals surface area contributed by atoms with E-state index in [-0.39, 0.29) is 0 Å². The van der Waals surface area contributed by atoms with Crippen molar-refractivity contribution in [1.29, 1.82) is 0 Å². The first kappa shape index (κ1) is 10.7. The number of Topliss-reactive ketones (excluding diaryl/α,β-unsaturated/α-hetero) is 1. The Bertz CT molecular complexity index is 150. The first-order chi connectivity index (χ1) is 6.33. The van der Waals surface area contributed by atoms with Crippen molar-refractivity contribution in [3.63, 3.8) is 0 Å². The van der Waals surface area contributed by atoms with Crippen molar-refractivity contribution in [2.45, 2.75) is 45.4 Å². The van der Waals surface area contributed by atoms with Crippen LogP contribution in [-0.4, -0.2) is 19.0 Å². The fraction of sp³-hybridized carbons (Fsp3) is 0.909. The quantitative estimate of drug-likeness (QED) is 0.568. The molecule has 1 aliphatic carbocycles. The average Bonchev–Trinajstić information content (AvgIpc) is 2.06. The molecular weight excluding hydrogens is 164 g/mol. The van der Waals surface area contributed by atoms with Gasteiger partial charge in [0.25, 0.3) is 0 Å². The number of ketones is 1. The third-order valence-corrected chi connectivity index (χ3v) is 2.61. The van der Waals surface area contributed by atoms with E-state index >= 15 is 0 Å². The summed E-state index contributed by atoms with van der Waals surface area (Å²) in [5.41, 5.74) is 0. The van der Waals surface area contributed by atoms with Crippen LogP contribution < -0.4 is 0 Å². The molecule has 0 N–H and O–H groups in total. The van der Waals surface area contributed by atoms with Crippen LogP contribution in [0.25, 0.3) is 0 Å². The van der Waals surface area contributed by atoms with Gasteiger partial charge in [0.05, 0.1) is 6.61 Å². The number of rotatable bonds is 7. The lowest BCUT2D eigenvalue weighted by Gasteiger charge is -2.24. The maximum absolute atomic E-state index is 11.3. The lowest BCUT2D eigenvalue weighted by atomic mass is 9.81. The van der Waals surface area contributed by atoms with Crippen molar-refractivity contribution in [3.8, 4) is 0 Å². The molecule has 0 spiro atoms. The molecule has 1 fully saturated rings. The van der Waals surface area contributed by atoms with Crippen molar-refractivity contribution in [2.75, 3.05) is 13.2 Å². The minimum atomic E-state index is 0.390.